The van der Waals surface area contributed by atoms with Gasteiger partial charge in [-0.25, -0.2) is 9.97 Å². The van der Waals surface area contributed by atoms with Crippen LogP contribution in [0.25, 0.3) is 0 Å². The average molecular weight is 288 g/mol. The molecule has 0 amide bonds. The normalized spacial score (nSPS) is 13.4. The highest BCUT2D eigenvalue weighted by atomic mass is 16.6. The minimum absolute atomic E-state index is 0.0676. The third-order valence-electron chi connectivity index (χ3n) is 2.62. The quantitative estimate of drug-likeness (QED) is 0.747. The molecule has 0 spiro atoms. The van der Waals surface area contributed by atoms with Crippen LogP contribution in [0.3, 0.4) is 0 Å². The van der Waals surface area contributed by atoms with Gasteiger partial charge in [-0.15, -0.1) is 0 Å². The largest absolute Gasteiger partial charge is 0.472 e. The van der Waals surface area contributed by atoms with Crippen molar-refractivity contribution in [3.63, 3.8) is 0 Å². The molecule has 0 radical (unpaired) electrons. The van der Waals surface area contributed by atoms with Gasteiger partial charge < -0.3 is 14.2 Å². The van der Waals surface area contributed by atoms with Gasteiger partial charge in [-0.2, -0.15) is 0 Å². The van der Waals surface area contributed by atoms with Crippen LogP contribution in [0.5, 0.6) is 11.8 Å². The van der Waals surface area contributed by atoms with Gasteiger partial charge in [0.15, 0.2) is 0 Å². The lowest BCUT2D eigenvalue weighted by Crippen LogP contribution is -2.25. The smallest absolute Gasteiger partial charge is 0.213 e. The molecule has 2 rings (SSSR count). The second kappa shape index (κ2) is 8.21. The Hall–Kier alpha value is -2.14. The summed E-state index contributed by atoms with van der Waals surface area (Å²) >= 11 is 0. The van der Waals surface area contributed by atoms with Crippen molar-refractivity contribution in [1.82, 2.24) is 9.97 Å². The number of hydrogen-bond acceptors (Lipinski definition) is 5. The first-order valence-corrected chi connectivity index (χ1v) is 6.97. The molecule has 2 aromatic heterocycles. The van der Waals surface area contributed by atoms with Crippen molar-refractivity contribution in [2.24, 2.45) is 0 Å². The van der Waals surface area contributed by atoms with E-state index in [1.165, 1.54) is 0 Å². The highest BCUT2D eigenvalue weighted by molar-refractivity contribution is 5.10. The van der Waals surface area contributed by atoms with E-state index in [-0.39, 0.29) is 12.2 Å². The summed E-state index contributed by atoms with van der Waals surface area (Å²) in [6.45, 7) is 4.84. The number of aromatic nitrogens is 2. The van der Waals surface area contributed by atoms with Crippen LogP contribution >= 0.6 is 0 Å². The lowest BCUT2D eigenvalue weighted by Gasteiger charge is -2.17. The fraction of sp³-hybridized carbons (Fsp3) is 0.375. The molecular formula is C16H20N2O3. The molecular weight excluding hydrogens is 268 g/mol. The van der Waals surface area contributed by atoms with Gasteiger partial charge in [0, 0.05) is 24.5 Å². The van der Waals surface area contributed by atoms with Crippen molar-refractivity contribution < 1.29 is 14.2 Å². The summed E-state index contributed by atoms with van der Waals surface area (Å²) in [5.41, 5.74) is 0. The van der Waals surface area contributed by atoms with E-state index in [0.29, 0.717) is 25.0 Å². The Labute approximate surface area is 124 Å². The zero-order chi connectivity index (χ0) is 14.9. The summed E-state index contributed by atoms with van der Waals surface area (Å²) in [5, 5.41) is 0. The molecule has 2 unspecified atom stereocenters. The lowest BCUT2D eigenvalue weighted by molar-refractivity contribution is 0.0165. The summed E-state index contributed by atoms with van der Waals surface area (Å²) in [6.07, 6.45) is 3.26. The maximum atomic E-state index is 5.63. The van der Waals surface area contributed by atoms with E-state index in [9.17, 15) is 0 Å². The zero-order valence-electron chi connectivity index (χ0n) is 12.3. The van der Waals surface area contributed by atoms with Gasteiger partial charge in [-0.1, -0.05) is 12.1 Å². The Morgan fingerprint density at radius 3 is 1.67 bits per heavy atom. The van der Waals surface area contributed by atoms with E-state index in [4.69, 9.17) is 14.2 Å². The Kier molecular flexibility index (Phi) is 5.97. The molecule has 5 heteroatoms. The average Bonchev–Trinajstić information content (AvgIpc) is 2.49. The van der Waals surface area contributed by atoms with Gasteiger partial charge in [0.1, 0.15) is 12.2 Å². The molecule has 2 heterocycles. The molecule has 0 fully saturated rings. The Bertz CT molecular complexity index is 460. The van der Waals surface area contributed by atoms with E-state index >= 15 is 0 Å². The summed E-state index contributed by atoms with van der Waals surface area (Å²) in [4.78, 5) is 8.21. The van der Waals surface area contributed by atoms with Crippen LogP contribution < -0.4 is 9.47 Å². The molecule has 0 aliphatic rings. The fourth-order valence-corrected chi connectivity index (χ4v) is 1.71. The van der Waals surface area contributed by atoms with Gasteiger partial charge in [0.2, 0.25) is 11.8 Å². The second-order valence-corrected chi connectivity index (χ2v) is 4.73. The summed E-state index contributed by atoms with van der Waals surface area (Å²) in [6, 6.07) is 11.1. The molecule has 2 aromatic rings. The van der Waals surface area contributed by atoms with Crippen LogP contribution in [-0.2, 0) is 4.74 Å². The lowest BCUT2D eigenvalue weighted by atomic mass is 10.4. The van der Waals surface area contributed by atoms with E-state index in [1.807, 2.05) is 50.2 Å². The number of rotatable bonds is 8. The predicted octanol–water partition coefficient (Wildman–Crippen LogP) is 2.73. The topological polar surface area (TPSA) is 53.5 Å². The van der Waals surface area contributed by atoms with E-state index in [0.717, 1.165) is 0 Å². The molecule has 0 aliphatic carbocycles. The molecule has 0 N–H and O–H groups in total. The van der Waals surface area contributed by atoms with Crippen LogP contribution in [0.1, 0.15) is 13.8 Å². The van der Waals surface area contributed by atoms with Crippen molar-refractivity contribution in [2.45, 2.75) is 26.1 Å². The minimum atomic E-state index is -0.0676. The van der Waals surface area contributed by atoms with E-state index < -0.39 is 0 Å². The Morgan fingerprint density at radius 2 is 1.29 bits per heavy atom. The molecule has 0 saturated heterocycles. The maximum absolute atomic E-state index is 5.63. The van der Waals surface area contributed by atoms with E-state index in [1.54, 1.807) is 12.4 Å². The third kappa shape index (κ3) is 5.79. The molecule has 0 aliphatic heterocycles. The first-order chi connectivity index (χ1) is 10.2. The minimum Gasteiger partial charge on any atom is -0.472 e. The van der Waals surface area contributed by atoms with Crippen molar-refractivity contribution >= 4 is 0 Å². The first kappa shape index (κ1) is 15.3. The number of hydrogen-bond donors (Lipinski definition) is 0. The number of pyridine rings is 2. The molecule has 0 saturated carbocycles. The van der Waals surface area contributed by atoms with E-state index in [2.05, 4.69) is 9.97 Å². The summed E-state index contributed by atoms with van der Waals surface area (Å²) in [7, 11) is 0. The van der Waals surface area contributed by atoms with Gasteiger partial charge in [-0.05, 0) is 26.0 Å². The van der Waals surface area contributed by atoms with Crippen LogP contribution in [0.4, 0.5) is 0 Å². The predicted molar refractivity (Wildman–Crippen MR) is 79.5 cm³/mol. The standard InChI is InChI=1S/C16H20N2O3/c1-13(20-15-7-3-5-9-17-15)11-19-12-14(2)21-16-8-4-6-10-18-16/h3-10,13-14H,11-12H2,1-2H3. The number of nitrogens with zero attached hydrogens (tertiary/aromatic N) is 2. The van der Waals surface area contributed by atoms with Crippen molar-refractivity contribution in [3.05, 3.63) is 48.8 Å². The Balaban J connectivity index is 1.64. The number of ether oxygens (including phenoxy) is 3. The van der Waals surface area contributed by atoms with Crippen molar-refractivity contribution in [2.75, 3.05) is 13.2 Å². The highest BCUT2D eigenvalue weighted by Crippen LogP contribution is 2.08. The van der Waals surface area contributed by atoms with Crippen LogP contribution in [0, 0.1) is 0 Å². The molecule has 0 aromatic carbocycles. The molecule has 112 valence electrons. The van der Waals surface area contributed by atoms with Crippen LogP contribution in [-0.4, -0.2) is 35.4 Å². The molecule has 5 nitrogen and oxygen atoms in total. The summed E-state index contributed by atoms with van der Waals surface area (Å²) < 4.78 is 16.8. The third-order valence-corrected chi connectivity index (χ3v) is 2.62. The van der Waals surface area contributed by atoms with Gasteiger partial charge in [-0.3, -0.25) is 0 Å². The second-order valence-electron chi connectivity index (χ2n) is 4.73. The Morgan fingerprint density at radius 1 is 0.810 bits per heavy atom. The molecule has 0 bridgehead atoms. The monoisotopic (exact) mass is 288 g/mol. The fourth-order valence-electron chi connectivity index (χ4n) is 1.71. The molecule has 21 heavy (non-hydrogen) atoms. The first-order valence-electron chi connectivity index (χ1n) is 6.97. The molecule has 2 atom stereocenters. The van der Waals surface area contributed by atoms with Crippen molar-refractivity contribution in [1.29, 1.82) is 0 Å². The highest BCUT2D eigenvalue weighted by Gasteiger charge is 2.08. The van der Waals surface area contributed by atoms with Gasteiger partial charge in [0.05, 0.1) is 13.2 Å². The summed E-state index contributed by atoms with van der Waals surface area (Å²) in [5.74, 6) is 1.21. The SMILES string of the molecule is CC(COCC(C)Oc1ccccn1)Oc1ccccn1. The van der Waals surface area contributed by atoms with Crippen molar-refractivity contribution in [3.8, 4) is 11.8 Å². The van der Waals surface area contributed by atoms with Crippen LogP contribution in [0.2, 0.25) is 0 Å². The maximum Gasteiger partial charge on any atom is 0.213 e. The van der Waals surface area contributed by atoms with Crippen LogP contribution in [0.15, 0.2) is 48.8 Å². The van der Waals surface area contributed by atoms with Gasteiger partial charge >= 0.3 is 0 Å². The zero-order valence-corrected chi connectivity index (χ0v) is 12.3. The van der Waals surface area contributed by atoms with Gasteiger partial charge in [0.25, 0.3) is 0 Å².